The van der Waals surface area contributed by atoms with Crippen molar-refractivity contribution in [3.05, 3.63) is 101 Å². The number of thiol groups is 1. The summed E-state index contributed by atoms with van der Waals surface area (Å²) in [4.78, 5) is 22.4. The van der Waals surface area contributed by atoms with Crippen molar-refractivity contribution in [2.75, 3.05) is 0 Å². The molecule has 6 rings (SSSR count). The summed E-state index contributed by atoms with van der Waals surface area (Å²) in [6.07, 6.45) is 1.81. The van der Waals surface area contributed by atoms with Gasteiger partial charge in [0.25, 0.3) is 0 Å². The number of imidazole rings is 2. The Morgan fingerprint density at radius 3 is 2.48 bits per heavy atom. The maximum absolute atomic E-state index is 11.7. The van der Waals surface area contributed by atoms with Gasteiger partial charge in [0.2, 0.25) is 0 Å². The normalized spacial score (nSPS) is 11.5. The second-order valence-corrected chi connectivity index (χ2v) is 10.8. The van der Waals surface area contributed by atoms with Crippen LogP contribution in [0.2, 0.25) is 5.02 Å². The van der Waals surface area contributed by atoms with Crippen LogP contribution in [0.5, 0.6) is 0 Å². The Morgan fingerprint density at radius 2 is 1.73 bits per heavy atom. The van der Waals surface area contributed by atoms with Crippen molar-refractivity contribution in [2.24, 2.45) is 7.05 Å². The van der Waals surface area contributed by atoms with Crippen molar-refractivity contribution in [1.82, 2.24) is 19.1 Å². The molecule has 0 saturated carbocycles. The van der Waals surface area contributed by atoms with Crippen LogP contribution in [0.15, 0.2) is 83.8 Å². The van der Waals surface area contributed by atoms with E-state index in [0.29, 0.717) is 22.7 Å². The summed E-state index contributed by atoms with van der Waals surface area (Å²) in [6, 6.07) is 25.0. The minimum absolute atomic E-state index is 0.291. The van der Waals surface area contributed by atoms with Gasteiger partial charge in [0, 0.05) is 35.5 Å². The maximum Gasteiger partial charge on any atom is 0.336 e. The first kappa shape index (κ1) is 26.2. The predicted molar refractivity (Wildman–Crippen MR) is 164 cm³/mol. The number of carboxylic acid groups (broad SMARTS) is 1. The molecule has 6 nitrogen and oxygen atoms in total. The molecule has 40 heavy (non-hydrogen) atoms. The summed E-state index contributed by atoms with van der Waals surface area (Å²) in [6.45, 7) is 2.78. The fraction of sp³-hybridized carbons (Fsp3) is 0.156. The van der Waals surface area contributed by atoms with E-state index in [4.69, 9.17) is 34.2 Å². The average Bonchev–Trinajstić information content (AvgIpc) is 3.46. The third kappa shape index (κ3) is 4.65. The van der Waals surface area contributed by atoms with Crippen LogP contribution in [0, 0.1) is 0 Å². The van der Waals surface area contributed by atoms with Crippen molar-refractivity contribution in [3.8, 4) is 22.5 Å². The third-order valence-corrected chi connectivity index (χ3v) is 7.83. The molecule has 0 bridgehead atoms. The predicted octanol–water partition coefficient (Wildman–Crippen LogP) is 7.90. The highest BCUT2D eigenvalue weighted by Gasteiger charge is 2.18. The van der Waals surface area contributed by atoms with Gasteiger partial charge in [0.15, 0.2) is 0 Å². The van der Waals surface area contributed by atoms with E-state index < -0.39 is 5.97 Å². The largest absolute Gasteiger partial charge is 0.478 e. The number of benzene rings is 4. The number of halogens is 1. The number of aromatic nitrogens is 4. The molecule has 200 valence electrons. The zero-order valence-corrected chi connectivity index (χ0v) is 23.7. The number of aryl methyl sites for hydroxylation is 2. The van der Waals surface area contributed by atoms with E-state index in [0.717, 1.165) is 68.1 Å². The SMILES string of the molecule is CCCc1nc2c(S)cc(-c3nc4cc(Cl)ccc4n3C)cc2n1Cc1ccc(-c2ccccc2C(=O)O)cc1. The quantitative estimate of drug-likeness (QED) is 0.193. The molecule has 0 aliphatic rings. The van der Waals surface area contributed by atoms with Gasteiger partial charge in [0.1, 0.15) is 17.2 Å². The lowest BCUT2D eigenvalue weighted by molar-refractivity contribution is 0.0697. The van der Waals surface area contributed by atoms with Crippen molar-refractivity contribution in [2.45, 2.75) is 31.2 Å². The molecule has 8 heteroatoms. The van der Waals surface area contributed by atoms with Gasteiger partial charge in [-0.2, -0.15) is 0 Å². The summed E-state index contributed by atoms with van der Waals surface area (Å²) in [5.41, 5.74) is 7.62. The standard InChI is InChI=1S/C32H27ClN4O2S/c1-3-6-29-35-30-27(15-21(16-28(30)40)31-34-25-17-22(33)13-14-26(25)36(31)2)37(29)18-19-9-11-20(12-10-19)23-7-4-5-8-24(23)32(38)39/h4-5,7-17,40H,3,6,18H2,1-2H3,(H,38,39). The first-order valence-electron chi connectivity index (χ1n) is 13.1. The Bertz CT molecular complexity index is 1910. The summed E-state index contributed by atoms with van der Waals surface area (Å²) in [7, 11) is 2.00. The molecule has 2 aromatic heterocycles. The molecule has 2 heterocycles. The van der Waals surface area contributed by atoms with E-state index in [1.807, 2.05) is 55.6 Å². The van der Waals surface area contributed by atoms with Crippen LogP contribution in [0.3, 0.4) is 0 Å². The fourth-order valence-corrected chi connectivity index (χ4v) is 5.77. The monoisotopic (exact) mass is 566 g/mol. The van der Waals surface area contributed by atoms with E-state index in [-0.39, 0.29) is 0 Å². The molecule has 0 amide bonds. The minimum Gasteiger partial charge on any atom is -0.478 e. The lowest BCUT2D eigenvalue weighted by Crippen LogP contribution is -2.05. The molecule has 6 aromatic rings. The Morgan fingerprint density at radius 1 is 0.950 bits per heavy atom. The number of carboxylic acids is 1. The van der Waals surface area contributed by atoms with Gasteiger partial charge in [-0.05, 0) is 59.5 Å². The van der Waals surface area contributed by atoms with E-state index >= 15 is 0 Å². The second-order valence-electron chi connectivity index (χ2n) is 9.90. The van der Waals surface area contributed by atoms with Gasteiger partial charge in [-0.25, -0.2) is 14.8 Å². The Hall–Kier alpha value is -4.07. The highest BCUT2D eigenvalue weighted by molar-refractivity contribution is 7.80. The molecule has 4 aromatic carbocycles. The highest BCUT2D eigenvalue weighted by atomic mass is 35.5. The van der Waals surface area contributed by atoms with E-state index in [1.165, 1.54) is 0 Å². The molecule has 0 spiro atoms. The molecule has 0 aliphatic carbocycles. The summed E-state index contributed by atoms with van der Waals surface area (Å²) >= 11 is 11.1. The Kier molecular flexibility index (Phi) is 6.86. The van der Waals surface area contributed by atoms with Crippen molar-refractivity contribution < 1.29 is 9.90 Å². The second kappa shape index (κ2) is 10.5. The zero-order chi connectivity index (χ0) is 28.0. The molecule has 0 radical (unpaired) electrons. The van der Waals surface area contributed by atoms with Crippen LogP contribution in [-0.4, -0.2) is 30.2 Å². The lowest BCUT2D eigenvalue weighted by Gasteiger charge is -2.12. The number of nitrogens with zero attached hydrogens (tertiary/aromatic N) is 4. The number of aromatic carboxylic acids is 1. The zero-order valence-electron chi connectivity index (χ0n) is 22.1. The lowest BCUT2D eigenvalue weighted by atomic mass is 9.99. The van der Waals surface area contributed by atoms with Crippen LogP contribution in [-0.2, 0) is 20.0 Å². The summed E-state index contributed by atoms with van der Waals surface area (Å²) < 4.78 is 4.32. The van der Waals surface area contributed by atoms with Crippen molar-refractivity contribution in [3.63, 3.8) is 0 Å². The van der Waals surface area contributed by atoms with Gasteiger partial charge in [-0.3, -0.25) is 0 Å². The third-order valence-electron chi connectivity index (χ3n) is 7.25. The molecular weight excluding hydrogens is 540 g/mol. The molecule has 1 N–H and O–H groups in total. The van der Waals surface area contributed by atoms with E-state index in [1.54, 1.807) is 12.1 Å². The molecule has 0 saturated heterocycles. The average molecular weight is 567 g/mol. The molecule has 0 unspecified atom stereocenters. The topological polar surface area (TPSA) is 72.9 Å². The first-order valence-corrected chi connectivity index (χ1v) is 13.9. The number of carbonyl (C=O) groups is 1. The summed E-state index contributed by atoms with van der Waals surface area (Å²) in [5.74, 6) is 0.901. The van der Waals surface area contributed by atoms with Gasteiger partial charge < -0.3 is 14.2 Å². The highest BCUT2D eigenvalue weighted by Crippen LogP contribution is 2.33. The Labute approximate surface area is 242 Å². The van der Waals surface area contributed by atoms with E-state index in [2.05, 4.69) is 34.3 Å². The smallest absolute Gasteiger partial charge is 0.336 e. The fourth-order valence-electron chi connectivity index (χ4n) is 5.30. The molecule has 0 aliphatic heterocycles. The molecule has 0 fully saturated rings. The first-order chi connectivity index (χ1) is 19.3. The molecule has 0 atom stereocenters. The van der Waals surface area contributed by atoms with Crippen LogP contribution in [0.4, 0.5) is 0 Å². The van der Waals surface area contributed by atoms with Gasteiger partial charge >= 0.3 is 5.97 Å². The Balaban J connectivity index is 1.42. The van der Waals surface area contributed by atoms with Gasteiger partial charge in [-0.1, -0.05) is 61.0 Å². The van der Waals surface area contributed by atoms with Crippen LogP contribution < -0.4 is 0 Å². The molecular formula is C32H27ClN4O2S. The maximum atomic E-state index is 11.7. The minimum atomic E-state index is -0.934. The number of hydrogen-bond donors (Lipinski definition) is 2. The number of fused-ring (bicyclic) bond motifs is 2. The van der Waals surface area contributed by atoms with E-state index in [9.17, 15) is 9.90 Å². The summed E-state index contributed by atoms with van der Waals surface area (Å²) in [5, 5.41) is 10.3. The van der Waals surface area contributed by atoms with Crippen molar-refractivity contribution >= 4 is 52.3 Å². The number of rotatable bonds is 7. The van der Waals surface area contributed by atoms with Crippen molar-refractivity contribution in [1.29, 1.82) is 0 Å². The van der Waals surface area contributed by atoms with Crippen LogP contribution in [0.25, 0.3) is 44.6 Å². The van der Waals surface area contributed by atoms with Crippen LogP contribution in [0.1, 0.15) is 35.1 Å². The van der Waals surface area contributed by atoms with Crippen LogP contribution >= 0.6 is 24.2 Å². The van der Waals surface area contributed by atoms with Gasteiger partial charge in [-0.15, -0.1) is 12.6 Å². The van der Waals surface area contributed by atoms with Gasteiger partial charge in [0.05, 0.1) is 22.1 Å². The number of hydrogen-bond acceptors (Lipinski definition) is 4.